The van der Waals surface area contributed by atoms with Gasteiger partial charge in [0.1, 0.15) is 6.04 Å². The monoisotopic (exact) mass is 446 g/mol. The maximum Gasteiger partial charge on any atom is 0.242 e. The first-order chi connectivity index (χ1) is 12.7. The molecule has 2 aromatic carbocycles. The van der Waals surface area contributed by atoms with Crippen LogP contribution < -0.4 is 5.32 Å². The number of hydrogen-bond donors (Lipinski definition) is 1. The average molecular weight is 448 g/mol. The zero-order valence-corrected chi connectivity index (χ0v) is 17.8. The summed E-state index contributed by atoms with van der Waals surface area (Å²) < 4.78 is 0. The second-order valence-electron chi connectivity index (χ2n) is 5.92. The zero-order valence-electron chi connectivity index (χ0n) is 14.7. The van der Waals surface area contributed by atoms with Crippen molar-refractivity contribution in [1.29, 1.82) is 0 Å². The average Bonchev–Trinajstić information content (AvgIpc) is 2.62. The molecule has 1 atom stereocenters. The van der Waals surface area contributed by atoms with E-state index in [2.05, 4.69) is 5.32 Å². The first kappa shape index (κ1) is 21.8. The summed E-state index contributed by atoms with van der Waals surface area (Å²) in [4.78, 5) is 26.6. The number of likely N-dealkylation sites (N-methyl/N-ethyl adjacent to an activating group) is 1. The minimum absolute atomic E-state index is 0.0367. The van der Waals surface area contributed by atoms with Crippen molar-refractivity contribution >= 4 is 58.2 Å². The first-order valence-corrected chi connectivity index (χ1v) is 9.63. The predicted molar refractivity (Wildman–Crippen MR) is 111 cm³/mol. The summed E-state index contributed by atoms with van der Waals surface area (Å²) in [5, 5.41) is 4.26. The molecule has 0 aromatic heterocycles. The van der Waals surface area contributed by atoms with Crippen molar-refractivity contribution in [3.8, 4) is 0 Å². The second kappa shape index (κ2) is 9.65. The molecule has 144 valence electrons. The Morgan fingerprint density at radius 3 is 2.22 bits per heavy atom. The van der Waals surface area contributed by atoms with Crippen molar-refractivity contribution in [3.63, 3.8) is 0 Å². The van der Waals surface area contributed by atoms with Crippen molar-refractivity contribution in [2.45, 2.75) is 25.9 Å². The zero-order chi connectivity index (χ0) is 20.1. The number of carbonyl (C=O) groups is 2. The lowest BCUT2D eigenvalue weighted by Crippen LogP contribution is -2.47. The predicted octanol–water partition coefficient (Wildman–Crippen LogP) is 5.01. The highest BCUT2D eigenvalue weighted by molar-refractivity contribution is 6.36. The van der Waals surface area contributed by atoms with Crippen LogP contribution in [-0.4, -0.2) is 29.8 Å². The van der Waals surface area contributed by atoms with E-state index in [1.165, 1.54) is 11.9 Å². The number of benzene rings is 2. The maximum atomic E-state index is 13.0. The van der Waals surface area contributed by atoms with Gasteiger partial charge in [0.15, 0.2) is 0 Å². The molecule has 27 heavy (non-hydrogen) atoms. The largest absolute Gasteiger partial charge is 0.357 e. The van der Waals surface area contributed by atoms with Crippen LogP contribution in [0.25, 0.3) is 0 Å². The van der Waals surface area contributed by atoms with Crippen molar-refractivity contribution in [3.05, 3.63) is 67.6 Å². The van der Waals surface area contributed by atoms with Gasteiger partial charge in [-0.15, -0.1) is 0 Å². The number of nitrogens with one attached hydrogen (secondary N) is 1. The third-order valence-corrected chi connectivity index (χ3v) is 5.45. The van der Waals surface area contributed by atoms with E-state index >= 15 is 0 Å². The van der Waals surface area contributed by atoms with Gasteiger partial charge in [0.25, 0.3) is 0 Å². The molecule has 0 aliphatic rings. The number of nitrogens with zero attached hydrogens (tertiary/aromatic N) is 1. The SMILES string of the molecule is CNC(=O)[C@@H](C)N(Cc1ccc(Cl)cc1Cl)C(=O)Cc1c(Cl)cccc1Cl. The van der Waals surface area contributed by atoms with Crippen molar-refractivity contribution in [2.75, 3.05) is 7.05 Å². The van der Waals surface area contributed by atoms with Gasteiger partial charge in [0.05, 0.1) is 6.42 Å². The molecular formula is C19H18Cl4N2O2. The molecule has 8 heteroatoms. The molecule has 0 saturated carbocycles. The Kier molecular flexibility index (Phi) is 7.80. The molecule has 0 heterocycles. The Hall–Kier alpha value is -1.46. The fraction of sp³-hybridized carbons (Fsp3) is 0.263. The van der Waals surface area contributed by atoms with Crippen LogP contribution >= 0.6 is 46.4 Å². The molecular weight excluding hydrogens is 430 g/mol. The van der Waals surface area contributed by atoms with Crippen molar-refractivity contribution < 1.29 is 9.59 Å². The van der Waals surface area contributed by atoms with Crippen LogP contribution in [0.4, 0.5) is 0 Å². The van der Waals surface area contributed by atoms with Crippen molar-refractivity contribution in [2.24, 2.45) is 0 Å². The van der Waals surface area contributed by atoms with Crippen LogP contribution in [0.15, 0.2) is 36.4 Å². The Balaban J connectivity index is 2.34. The fourth-order valence-corrected chi connectivity index (χ4v) is 3.58. The van der Waals surface area contributed by atoms with Crippen LogP contribution in [0.5, 0.6) is 0 Å². The number of amides is 2. The first-order valence-electron chi connectivity index (χ1n) is 8.12. The summed E-state index contributed by atoms with van der Waals surface area (Å²) in [6.07, 6.45) is -0.0367. The van der Waals surface area contributed by atoms with E-state index < -0.39 is 6.04 Å². The van der Waals surface area contributed by atoms with Crippen LogP contribution in [0.1, 0.15) is 18.1 Å². The standard InChI is InChI=1S/C19H18Cl4N2O2/c1-11(19(27)24-2)25(10-12-6-7-13(20)8-17(12)23)18(26)9-14-15(21)4-3-5-16(14)22/h3-8,11H,9-10H2,1-2H3,(H,24,27)/t11-/m1/s1. The van der Waals surface area contributed by atoms with E-state index in [4.69, 9.17) is 46.4 Å². The van der Waals surface area contributed by atoms with Gasteiger partial charge in [0.2, 0.25) is 11.8 Å². The molecule has 4 nitrogen and oxygen atoms in total. The molecule has 2 amide bonds. The lowest BCUT2D eigenvalue weighted by Gasteiger charge is -2.29. The number of rotatable bonds is 6. The van der Waals surface area contributed by atoms with Gasteiger partial charge in [0, 0.05) is 33.7 Å². The minimum atomic E-state index is -0.712. The third-order valence-electron chi connectivity index (χ3n) is 4.16. The van der Waals surface area contributed by atoms with Gasteiger partial charge < -0.3 is 10.2 Å². The van der Waals surface area contributed by atoms with E-state index in [-0.39, 0.29) is 24.8 Å². The number of carbonyl (C=O) groups excluding carboxylic acids is 2. The number of halogens is 4. The highest BCUT2D eigenvalue weighted by Gasteiger charge is 2.27. The summed E-state index contributed by atoms with van der Waals surface area (Å²) in [5.41, 5.74) is 1.19. The van der Waals surface area contributed by atoms with Gasteiger partial charge >= 0.3 is 0 Å². The summed E-state index contributed by atoms with van der Waals surface area (Å²) in [5.74, 6) is -0.592. The molecule has 0 unspecified atom stereocenters. The van der Waals surface area contributed by atoms with Gasteiger partial charge in [-0.3, -0.25) is 9.59 Å². The van der Waals surface area contributed by atoms with E-state index in [1.54, 1.807) is 43.3 Å². The van der Waals surface area contributed by atoms with E-state index in [0.29, 0.717) is 31.2 Å². The molecule has 0 radical (unpaired) electrons. The van der Waals surface area contributed by atoms with E-state index in [0.717, 1.165) is 0 Å². The molecule has 0 fully saturated rings. The summed E-state index contributed by atoms with van der Waals surface area (Å²) >= 11 is 24.5. The van der Waals surface area contributed by atoms with Gasteiger partial charge in [-0.2, -0.15) is 0 Å². The fourth-order valence-electron chi connectivity index (χ4n) is 2.58. The molecule has 0 aliphatic carbocycles. The van der Waals surface area contributed by atoms with Crippen LogP contribution in [0.3, 0.4) is 0 Å². The smallest absolute Gasteiger partial charge is 0.242 e. The molecule has 0 aliphatic heterocycles. The maximum absolute atomic E-state index is 13.0. The summed E-state index contributed by atoms with van der Waals surface area (Å²) in [7, 11) is 1.52. The molecule has 2 rings (SSSR count). The van der Waals surface area contributed by atoms with Crippen LogP contribution in [0.2, 0.25) is 20.1 Å². The van der Waals surface area contributed by atoms with Gasteiger partial charge in [-0.25, -0.2) is 0 Å². The third kappa shape index (κ3) is 5.52. The lowest BCUT2D eigenvalue weighted by molar-refractivity contribution is -0.139. The summed E-state index contributed by atoms with van der Waals surface area (Å²) in [6, 6.07) is 9.33. The highest BCUT2D eigenvalue weighted by Crippen LogP contribution is 2.27. The second-order valence-corrected chi connectivity index (χ2v) is 7.58. The Morgan fingerprint density at radius 1 is 1.04 bits per heavy atom. The lowest BCUT2D eigenvalue weighted by atomic mass is 10.1. The van der Waals surface area contributed by atoms with E-state index in [9.17, 15) is 9.59 Å². The van der Waals surface area contributed by atoms with Gasteiger partial charge in [-0.1, -0.05) is 58.5 Å². The van der Waals surface area contributed by atoms with Crippen molar-refractivity contribution in [1.82, 2.24) is 10.2 Å². The molecule has 2 aromatic rings. The van der Waals surface area contributed by atoms with Crippen LogP contribution in [0, 0.1) is 0 Å². The molecule has 0 spiro atoms. The molecule has 0 bridgehead atoms. The Morgan fingerprint density at radius 2 is 1.67 bits per heavy atom. The number of hydrogen-bond acceptors (Lipinski definition) is 2. The van der Waals surface area contributed by atoms with Crippen LogP contribution in [-0.2, 0) is 22.6 Å². The topological polar surface area (TPSA) is 49.4 Å². The highest BCUT2D eigenvalue weighted by atomic mass is 35.5. The van der Waals surface area contributed by atoms with Gasteiger partial charge in [-0.05, 0) is 42.3 Å². The molecule has 0 saturated heterocycles. The Labute approximate surface area is 178 Å². The normalized spacial score (nSPS) is 11.8. The molecule has 1 N–H and O–H groups in total. The van der Waals surface area contributed by atoms with E-state index in [1.807, 2.05) is 0 Å². The summed E-state index contributed by atoms with van der Waals surface area (Å²) in [6.45, 7) is 1.79. The Bertz CT molecular complexity index is 837. The quantitative estimate of drug-likeness (QED) is 0.676. The minimum Gasteiger partial charge on any atom is -0.357 e.